The lowest BCUT2D eigenvalue weighted by Gasteiger charge is -2.47. The average Bonchev–Trinajstić information content (AvgIpc) is 2.26. The number of rotatable bonds is 2. The number of benzene rings is 1. The van der Waals surface area contributed by atoms with Gasteiger partial charge < -0.3 is 4.90 Å². The molecule has 2 atom stereocenters. The van der Waals surface area contributed by atoms with Crippen molar-refractivity contribution in [3.05, 3.63) is 29.6 Å². The number of anilines is 1. The van der Waals surface area contributed by atoms with Crippen molar-refractivity contribution in [1.29, 1.82) is 0 Å². The van der Waals surface area contributed by atoms with E-state index in [9.17, 15) is 4.39 Å². The van der Waals surface area contributed by atoms with Gasteiger partial charge in [0, 0.05) is 36.9 Å². The molecule has 0 aromatic heterocycles. The van der Waals surface area contributed by atoms with Gasteiger partial charge in [0.2, 0.25) is 0 Å². The highest BCUT2D eigenvalue weighted by molar-refractivity contribution is 5.51. The van der Waals surface area contributed by atoms with Gasteiger partial charge in [0.25, 0.3) is 0 Å². The zero-order chi connectivity index (χ0) is 14.2. The third-order valence-corrected chi connectivity index (χ3v) is 4.00. The molecule has 19 heavy (non-hydrogen) atoms. The Bertz CT molecular complexity index is 412. The topological polar surface area (TPSA) is 6.48 Å². The van der Waals surface area contributed by atoms with E-state index in [1.807, 2.05) is 6.92 Å². The molecule has 0 aliphatic carbocycles. The summed E-state index contributed by atoms with van der Waals surface area (Å²) in [5, 5.41) is 0. The number of hydrogen-bond acceptors (Lipinski definition) is 2. The van der Waals surface area contributed by atoms with Gasteiger partial charge in [-0.2, -0.15) is 0 Å². The molecule has 1 heterocycles. The van der Waals surface area contributed by atoms with E-state index in [0.717, 1.165) is 24.3 Å². The zero-order valence-corrected chi connectivity index (χ0v) is 12.7. The van der Waals surface area contributed by atoms with Crippen LogP contribution in [0.1, 0.15) is 33.3 Å². The molecule has 0 spiro atoms. The molecule has 1 aromatic rings. The first-order valence-corrected chi connectivity index (χ1v) is 7.18. The maximum absolute atomic E-state index is 13.6. The van der Waals surface area contributed by atoms with Gasteiger partial charge in [0.15, 0.2) is 0 Å². The molecule has 1 fully saturated rings. The predicted molar refractivity (Wildman–Crippen MR) is 79.2 cm³/mol. The van der Waals surface area contributed by atoms with E-state index >= 15 is 0 Å². The van der Waals surface area contributed by atoms with Crippen molar-refractivity contribution in [3.63, 3.8) is 0 Å². The lowest BCUT2D eigenvalue weighted by Crippen LogP contribution is -2.58. The van der Waals surface area contributed by atoms with Gasteiger partial charge >= 0.3 is 0 Å². The molecule has 106 valence electrons. The fraction of sp³-hybridized carbons (Fsp3) is 0.625. The van der Waals surface area contributed by atoms with Crippen LogP contribution in [0.3, 0.4) is 0 Å². The first-order chi connectivity index (χ1) is 8.88. The van der Waals surface area contributed by atoms with Gasteiger partial charge in [-0.1, -0.05) is 0 Å². The summed E-state index contributed by atoms with van der Waals surface area (Å²) in [6.07, 6.45) is 0. The molecule has 1 aromatic carbocycles. The van der Waals surface area contributed by atoms with Crippen molar-refractivity contribution in [3.8, 4) is 0 Å². The Morgan fingerprint density at radius 3 is 2.16 bits per heavy atom. The van der Waals surface area contributed by atoms with Crippen LogP contribution in [0.4, 0.5) is 10.1 Å². The summed E-state index contributed by atoms with van der Waals surface area (Å²) in [5.41, 5.74) is 2.00. The maximum Gasteiger partial charge on any atom is 0.125 e. The van der Waals surface area contributed by atoms with Crippen molar-refractivity contribution in [2.45, 2.75) is 52.7 Å². The first kappa shape index (κ1) is 14.3. The summed E-state index contributed by atoms with van der Waals surface area (Å²) in [6, 6.07) is 6.72. The van der Waals surface area contributed by atoms with E-state index in [4.69, 9.17) is 0 Å². The highest BCUT2D eigenvalue weighted by Crippen LogP contribution is 2.27. The third kappa shape index (κ3) is 3.08. The minimum Gasteiger partial charge on any atom is -0.363 e. The first-order valence-electron chi connectivity index (χ1n) is 7.18. The summed E-state index contributed by atoms with van der Waals surface area (Å²) >= 11 is 0. The van der Waals surface area contributed by atoms with E-state index in [1.54, 1.807) is 12.1 Å². The smallest absolute Gasteiger partial charge is 0.125 e. The molecule has 0 N–H and O–H groups in total. The van der Waals surface area contributed by atoms with Crippen LogP contribution in [0.25, 0.3) is 0 Å². The number of nitrogens with zero attached hydrogens (tertiary/aromatic N) is 2. The lowest BCUT2D eigenvalue weighted by atomic mass is 10.0. The van der Waals surface area contributed by atoms with E-state index in [-0.39, 0.29) is 5.82 Å². The highest BCUT2D eigenvalue weighted by atomic mass is 19.1. The normalized spacial score (nSPS) is 25.1. The van der Waals surface area contributed by atoms with Gasteiger partial charge in [-0.15, -0.1) is 0 Å². The molecule has 0 saturated carbocycles. The number of halogens is 1. The summed E-state index contributed by atoms with van der Waals surface area (Å²) in [6.45, 7) is 13.0. The van der Waals surface area contributed by atoms with E-state index in [1.165, 1.54) is 0 Å². The van der Waals surface area contributed by atoms with Crippen LogP contribution in [0.5, 0.6) is 0 Å². The monoisotopic (exact) mass is 264 g/mol. The Kier molecular flexibility index (Phi) is 4.14. The average molecular weight is 264 g/mol. The van der Waals surface area contributed by atoms with Crippen LogP contribution >= 0.6 is 0 Å². The van der Waals surface area contributed by atoms with Crippen molar-refractivity contribution in [2.75, 3.05) is 18.0 Å². The standard InChI is InChI=1S/C16H25FN2/c1-11(2)18-9-13(4)19(14(5)10-18)16-7-12(3)6-15(17)8-16/h6-8,11,13-14H,9-10H2,1-5H3. The van der Waals surface area contributed by atoms with Crippen LogP contribution < -0.4 is 4.90 Å². The summed E-state index contributed by atoms with van der Waals surface area (Å²) < 4.78 is 13.6. The molecule has 0 bridgehead atoms. The van der Waals surface area contributed by atoms with Crippen molar-refractivity contribution >= 4 is 5.69 Å². The number of piperazine rings is 1. The van der Waals surface area contributed by atoms with Crippen LogP contribution in [0.15, 0.2) is 18.2 Å². The Hall–Kier alpha value is -1.09. The third-order valence-electron chi connectivity index (χ3n) is 4.00. The summed E-state index contributed by atoms with van der Waals surface area (Å²) in [4.78, 5) is 4.85. The quantitative estimate of drug-likeness (QED) is 0.807. The zero-order valence-electron chi connectivity index (χ0n) is 12.7. The second kappa shape index (κ2) is 5.49. The molecule has 1 saturated heterocycles. The van der Waals surface area contributed by atoms with Gasteiger partial charge in [-0.25, -0.2) is 4.39 Å². The van der Waals surface area contributed by atoms with Crippen LogP contribution in [0.2, 0.25) is 0 Å². The van der Waals surface area contributed by atoms with Crippen molar-refractivity contribution < 1.29 is 4.39 Å². The molecule has 3 heteroatoms. The Labute approximate surface area is 116 Å². The molecule has 0 amide bonds. The minimum atomic E-state index is -0.138. The predicted octanol–water partition coefficient (Wildman–Crippen LogP) is 3.44. The summed E-state index contributed by atoms with van der Waals surface area (Å²) in [7, 11) is 0. The van der Waals surface area contributed by atoms with Gasteiger partial charge in [-0.3, -0.25) is 4.90 Å². The molecule has 0 radical (unpaired) electrons. The second-order valence-electron chi connectivity index (χ2n) is 6.14. The van der Waals surface area contributed by atoms with E-state index in [0.29, 0.717) is 18.1 Å². The molecule has 1 aliphatic heterocycles. The molecular weight excluding hydrogens is 239 g/mol. The van der Waals surface area contributed by atoms with E-state index < -0.39 is 0 Å². The molecule has 2 rings (SSSR count). The van der Waals surface area contributed by atoms with Crippen LogP contribution in [-0.2, 0) is 0 Å². The van der Waals surface area contributed by atoms with E-state index in [2.05, 4.69) is 43.6 Å². The van der Waals surface area contributed by atoms with Crippen molar-refractivity contribution in [1.82, 2.24) is 4.90 Å². The van der Waals surface area contributed by atoms with Crippen molar-refractivity contribution in [2.24, 2.45) is 0 Å². The summed E-state index contributed by atoms with van der Waals surface area (Å²) in [5.74, 6) is -0.138. The molecular formula is C16H25FN2. The Balaban J connectivity index is 2.25. The fourth-order valence-electron chi connectivity index (χ4n) is 3.16. The molecule has 1 aliphatic rings. The molecule has 2 nitrogen and oxygen atoms in total. The number of hydrogen-bond donors (Lipinski definition) is 0. The maximum atomic E-state index is 13.6. The Morgan fingerprint density at radius 1 is 1.11 bits per heavy atom. The van der Waals surface area contributed by atoms with Gasteiger partial charge in [0.1, 0.15) is 5.82 Å². The van der Waals surface area contributed by atoms with Crippen LogP contribution in [-0.4, -0.2) is 36.1 Å². The minimum absolute atomic E-state index is 0.138. The second-order valence-corrected chi connectivity index (χ2v) is 6.14. The Morgan fingerprint density at radius 2 is 1.68 bits per heavy atom. The fourth-order valence-corrected chi connectivity index (χ4v) is 3.16. The highest BCUT2D eigenvalue weighted by Gasteiger charge is 2.30. The SMILES string of the molecule is Cc1cc(F)cc(N2C(C)CN(C(C)C)CC2C)c1. The largest absolute Gasteiger partial charge is 0.363 e. The van der Waals surface area contributed by atoms with Gasteiger partial charge in [-0.05, 0) is 58.4 Å². The lowest BCUT2D eigenvalue weighted by molar-refractivity contribution is 0.161. The van der Waals surface area contributed by atoms with Crippen LogP contribution in [0, 0.1) is 12.7 Å². The number of aryl methyl sites for hydroxylation is 1. The molecule has 2 unspecified atom stereocenters. The van der Waals surface area contributed by atoms with Gasteiger partial charge in [0.05, 0.1) is 0 Å².